The summed E-state index contributed by atoms with van der Waals surface area (Å²) in [4.78, 5) is 29.6. The Kier molecular flexibility index (Phi) is 11.3. The lowest BCUT2D eigenvalue weighted by Crippen LogP contribution is -2.54. The zero-order valence-electron chi connectivity index (χ0n) is 24.2. The number of nitrogens with one attached hydrogen (secondary N) is 1. The van der Waals surface area contributed by atoms with Crippen LogP contribution < -0.4 is 9.62 Å². The third kappa shape index (κ3) is 8.12. The molecule has 7 nitrogen and oxygen atoms in total. The van der Waals surface area contributed by atoms with Crippen LogP contribution >= 0.6 is 34.8 Å². The van der Waals surface area contributed by atoms with Crippen LogP contribution in [0, 0.1) is 0 Å². The molecule has 0 saturated carbocycles. The predicted octanol–water partition coefficient (Wildman–Crippen LogP) is 7.01. The first kappa shape index (κ1) is 33.3. The third-order valence-electron chi connectivity index (χ3n) is 6.82. The number of carbonyl (C=O) groups is 2. The fourth-order valence-corrected chi connectivity index (χ4v) is 6.93. The van der Waals surface area contributed by atoms with Crippen LogP contribution in [-0.2, 0) is 32.6 Å². The molecule has 11 heteroatoms. The molecule has 1 atom stereocenters. The lowest BCUT2D eigenvalue weighted by molar-refractivity contribution is -0.140. The Hall–Kier alpha value is -3.56. The van der Waals surface area contributed by atoms with E-state index in [1.54, 1.807) is 54.6 Å². The molecule has 0 bridgehead atoms. The maximum atomic E-state index is 14.5. The van der Waals surface area contributed by atoms with Crippen LogP contribution in [-0.4, -0.2) is 43.8 Å². The maximum Gasteiger partial charge on any atom is 0.264 e. The molecule has 0 aliphatic carbocycles. The quantitative estimate of drug-likeness (QED) is 0.176. The second kappa shape index (κ2) is 14.9. The summed E-state index contributed by atoms with van der Waals surface area (Å²) < 4.78 is 29.0. The van der Waals surface area contributed by atoms with E-state index in [9.17, 15) is 18.0 Å². The Morgan fingerprint density at radius 2 is 1.30 bits per heavy atom. The standard InChI is InChI=1S/C33H32Cl3N3O4S/c1-23(2)37-33(41)31(20-24-12-5-3-6-13-24)38(21-26-27(34)17-11-18-28(26)35)32(40)22-39(30-19-10-9-16-29(30)36)44(42,43)25-14-7-4-8-15-25/h3-19,23,31H,20-22H2,1-2H3,(H,37,41)/t31-/m1/s1. The van der Waals surface area contributed by atoms with Crippen molar-refractivity contribution < 1.29 is 18.0 Å². The lowest BCUT2D eigenvalue weighted by atomic mass is 10.0. The molecule has 4 aromatic carbocycles. The van der Waals surface area contributed by atoms with Gasteiger partial charge in [-0.2, -0.15) is 0 Å². The van der Waals surface area contributed by atoms with Gasteiger partial charge in [0.1, 0.15) is 12.6 Å². The van der Waals surface area contributed by atoms with Crippen molar-refractivity contribution in [1.29, 1.82) is 0 Å². The van der Waals surface area contributed by atoms with Crippen LogP contribution in [0.3, 0.4) is 0 Å². The minimum Gasteiger partial charge on any atom is -0.352 e. The number of anilines is 1. The molecule has 0 radical (unpaired) electrons. The molecule has 0 fully saturated rings. The largest absolute Gasteiger partial charge is 0.352 e. The van der Waals surface area contributed by atoms with Crippen molar-refractivity contribution in [3.63, 3.8) is 0 Å². The Bertz CT molecular complexity index is 1680. The highest BCUT2D eigenvalue weighted by Crippen LogP contribution is 2.32. The van der Waals surface area contributed by atoms with Crippen molar-refractivity contribution in [2.24, 2.45) is 0 Å². The first-order valence-electron chi connectivity index (χ1n) is 13.9. The summed E-state index contributed by atoms with van der Waals surface area (Å²) in [7, 11) is -4.27. The fraction of sp³-hybridized carbons (Fsp3) is 0.212. The van der Waals surface area contributed by atoms with Crippen LogP contribution in [0.1, 0.15) is 25.0 Å². The van der Waals surface area contributed by atoms with Crippen molar-refractivity contribution in [2.45, 2.75) is 43.8 Å². The third-order valence-corrected chi connectivity index (χ3v) is 9.63. The summed E-state index contributed by atoms with van der Waals surface area (Å²) in [5.74, 6) is -1.06. The molecule has 1 N–H and O–H groups in total. The van der Waals surface area contributed by atoms with Gasteiger partial charge >= 0.3 is 0 Å². The summed E-state index contributed by atoms with van der Waals surface area (Å²) in [6.45, 7) is 2.84. The Balaban J connectivity index is 1.84. The van der Waals surface area contributed by atoms with Crippen LogP contribution in [0.25, 0.3) is 0 Å². The molecule has 2 amide bonds. The number of halogens is 3. The molecule has 4 aromatic rings. The van der Waals surface area contributed by atoms with Gasteiger partial charge in [0.15, 0.2) is 0 Å². The Morgan fingerprint density at radius 1 is 0.750 bits per heavy atom. The molecule has 44 heavy (non-hydrogen) atoms. The molecule has 0 spiro atoms. The topological polar surface area (TPSA) is 86.8 Å². The van der Waals surface area contributed by atoms with Crippen LogP contribution in [0.4, 0.5) is 5.69 Å². The second-order valence-corrected chi connectivity index (χ2v) is 13.5. The first-order chi connectivity index (χ1) is 21.0. The smallest absolute Gasteiger partial charge is 0.264 e. The van der Waals surface area contributed by atoms with Gasteiger partial charge in [0.25, 0.3) is 10.0 Å². The zero-order valence-corrected chi connectivity index (χ0v) is 27.2. The number of amides is 2. The van der Waals surface area contributed by atoms with Crippen LogP contribution in [0.15, 0.2) is 108 Å². The summed E-state index contributed by atoms with van der Waals surface area (Å²) >= 11 is 19.6. The fourth-order valence-electron chi connectivity index (χ4n) is 4.68. The molecular weight excluding hydrogens is 641 g/mol. The Labute approximate surface area is 273 Å². The number of para-hydroxylation sites is 1. The summed E-state index contributed by atoms with van der Waals surface area (Å²) in [5.41, 5.74) is 1.35. The highest BCUT2D eigenvalue weighted by atomic mass is 35.5. The zero-order chi connectivity index (χ0) is 31.9. The van der Waals surface area contributed by atoms with E-state index in [0.29, 0.717) is 15.6 Å². The van der Waals surface area contributed by atoms with E-state index in [1.807, 2.05) is 44.2 Å². The van der Waals surface area contributed by atoms with Gasteiger partial charge in [-0.15, -0.1) is 0 Å². The van der Waals surface area contributed by atoms with Gasteiger partial charge in [0, 0.05) is 34.6 Å². The number of carbonyl (C=O) groups excluding carboxylic acids is 2. The molecule has 4 rings (SSSR count). The van der Waals surface area contributed by atoms with Crippen molar-refractivity contribution in [1.82, 2.24) is 10.2 Å². The summed E-state index contributed by atoms with van der Waals surface area (Å²) in [6, 6.07) is 27.1. The van der Waals surface area contributed by atoms with Gasteiger partial charge in [-0.3, -0.25) is 13.9 Å². The van der Waals surface area contributed by atoms with E-state index in [2.05, 4.69) is 5.32 Å². The van der Waals surface area contributed by atoms with Crippen LogP contribution in [0.5, 0.6) is 0 Å². The highest BCUT2D eigenvalue weighted by molar-refractivity contribution is 7.92. The molecule has 0 aliphatic heterocycles. The van der Waals surface area contributed by atoms with Gasteiger partial charge in [-0.25, -0.2) is 8.42 Å². The molecular formula is C33H32Cl3N3O4S. The number of hydrogen-bond acceptors (Lipinski definition) is 4. The van der Waals surface area contributed by atoms with Crippen LogP contribution in [0.2, 0.25) is 15.1 Å². The summed E-state index contributed by atoms with van der Waals surface area (Å²) in [6.07, 6.45) is 0.157. The minimum atomic E-state index is -4.27. The predicted molar refractivity (Wildman–Crippen MR) is 177 cm³/mol. The molecule has 0 heterocycles. The number of nitrogens with zero attached hydrogens (tertiary/aromatic N) is 2. The molecule has 230 valence electrons. The van der Waals surface area contributed by atoms with Gasteiger partial charge < -0.3 is 10.2 Å². The monoisotopic (exact) mass is 671 g/mol. The highest BCUT2D eigenvalue weighted by Gasteiger charge is 2.35. The average Bonchev–Trinajstić information content (AvgIpc) is 3.00. The molecule has 0 aromatic heterocycles. The number of sulfonamides is 1. The van der Waals surface area contributed by atoms with Crippen molar-refractivity contribution >= 4 is 62.3 Å². The van der Waals surface area contributed by atoms with E-state index < -0.39 is 34.4 Å². The lowest BCUT2D eigenvalue weighted by Gasteiger charge is -2.34. The molecule has 0 saturated heterocycles. The van der Waals surface area contributed by atoms with Crippen molar-refractivity contribution in [3.05, 3.63) is 129 Å². The van der Waals surface area contributed by atoms with Gasteiger partial charge in [-0.1, -0.05) is 102 Å². The number of rotatable bonds is 12. The number of hydrogen-bond donors (Lipinski definition) is 1. The second-order valence-electron chi connectivity index (χ2n) is 10.4. The summed E-state index contributed by atoms with van der Waals surface area (Å²) in [5, 5.41) is 3.66. The van der Waals surface area contributed by atoms with E-state index >= 15 is 0 Å². The van der Waals surface area contributed by atoms with Gasteiger partial charge in [-0.05, 0) is 55.8 Å². The van der Waals surface area contributed by atoms with Crippen molar-refractivity contribution in [2.75, 3.05) is 10.8 Å². The maximum absolute atomic E-state index is 14.5. The molecule has 0 unspecified atom stereocenters. The Morgan fingerprint density at radius 3 is 1.89 bits per heavy atom. The van der Waals surface area contributed by atoms with E-state index in [4.69, 9.17) is 34.8 Å². The normalized spacial score (nSPS) is 12.0. The van der Waals surface area contributed by atoms with Crippen molar-refractivity contribution in [3.8, 4) is 0 Å². The van der Waals surface area contributed by atoms with E-state index in [0.717, 1.165) is 9.87 Å². The van der Waals surface area contributed by atoms with E-state index in [1.165, 1.54) is 23.1 Å². The molecule has 0 aliphatic rings. The minimum absolute atomic E-state index is 0.0215. The SMILES string of the molecule is CC(C)NC(=O)[C@@H](Cc1ccccc1)N(Cc1c(Cl)cccc1Cl)C(=O)CN(c1ccccc1Cl)S(=O)(=O)c1ccccc1. The average molecular weight is 673 g/mol. The first-order valence-corrected chi connectivity index (χ1v) is 16.5. The van der Waals surface area contributed by atoms with E-state index in [-0.39, 0.29) is 34.6 Å². The number of benzene rings is 4. The van der Waals surface area contributed by atoms with Gasteiger partial charge in [0.2, 0.25) is 11.8 Å². The van der Waals surface area contributed by atoms with Gasteiger partial charge in [0.05, 0.1) is 15.6 Å².